The molecule has 2 aromatic carbocycles. The minimum Gasteiger partial charge on any atom is -0.441 e. The Morgan fingerprint density at radius 2 is 1.79 bits per heavy atom. The second-order valence-corrected chi connectivity index (χ2v) is 7.66. The van der Waals surface area contributed by atoms with Crippen LogP contribution in [0.2, 0.25) is 10.0 Å². The zero-order chi connectivity index (χ0) is 17.5. The van der Waals surface area contributed by atoms with E-state index in [1.54, 1.807) is 0 Å². The van der Waals surface area contributed by atoms with Crippen molar-refractivity contribution in [2.24, 2.45) is 0 Å². The van der Waals surface area contributed by atoms with Crippen molar-refractivity contribution >= 4 is 23.2 Å². The Balaban J connectivity index is 2.09. The molecule has 4 heteroatoms. The Morgan fingerprint density at radius 1 is 1.08 bits per heavy atom. The van der Waals surface area contributed by atoms with E-state index in [4.69, 9.17) is 27.9 Å². The molecule has 0 N–H and O–H groups in total. The molecule has 1 aliphatic rings. The zero-order valence-corrected chi connectivity index (χ0v) is 16.2. The first-order chi connectivity index (χ1) is 11.4. The highest BCUT2D eigenvalue weighted by Gasteiger charge is 2.38. The third-order valence-electron chi connectivity index (χ3n) is 5.32. The normalized spacial score (nSPS) is 16.8. The number of nitrogens with zero attached hydrogens (tertiary/aromatic N) is 1. The number of hydrogen-bond acceptors (Lipinski definition) is 1. The molecule has 0 amide bonds. The molecule has 1 heterocycles. The number of quaternary nitrogens is 1. The first-order valence-corrected chi connectivity index (χ1v) is 9.23. The van der Waals surface area contributed by atoms with Gasteiger partial charge in [0.25, 0.3) is 0 Å². The van der Waals surface area contributed by atoms with Gasteiger partial charge in [0.2, 0.25) is 6.23 Å². The lowest BCUT2D eigenvalue weighted by Crippen LogP contribution is -2.54. The Labute approximate surface area is 154 Å². The molecule has 2 nitrogen and oxygen atoms in total. The van der Waals surface area contributed by atoms with Gasteiger partial charge in [-0.05, 0) is 50.6 Å². The topological polar surface area (TPSA) is 9.23 Å². The van der Waals surface area contributed by atoms with Crippen LogP contribution in [-0.4, -0.2) is 30.8 Å². The van der Waals surface area contributed by atoms with Crippen LogP contribution in [0.4, 0.5) is 0 Å². The average molecular weight is 365 g/mol. The van der Waals surface area contributed by atoms with Crippen molar-refractivity contribution in [3.63, 3.8) is 0 Å². The maximum absolute atomic E-state index is 6.46. The van der Waals surface area contributed by atoms with Gasteiger partial charge in [-0.1, -0.05) is 29.3 Å². The van der Waals surface area contributed by atoms with Gasteiger partial charge in [-0.25, -0.2) is 0 Å². The lowest BCUT2D eigenvalue weighted by Gasteiger charge is -2.37. The molecule has 128 valence electrons. The highest BCUT2D eigenvalue weighted by molar-refractivity contribution is 6.35. The molecule has 0 aliphatic carbocycles. The number of ether oxygens (including phenoxy) is 1. The monoisotopic (exact) mass is 364 g/mol. The summed E-state index contributed by atoms with van der Waals surface area (Å²) >= 11 is 12.6. The maximum Gasteiger partial charge on any atom is 0.237 e. The van der Waals surface area contributed by atoms with Gasteiger partial charge in [0.15, 0.2) is 0 Å². The quantitative estimate of drug-likeness (QED) is 0.630. The fourth-order valence-electron chi connectivity index (χ4n) is 3.39. The SMILES string of the molecule is CC[N+](C)(CC)C1Cc2cc(C)cc(-c3cc(Cl)ccc3Cl)c2O1. The van der Waals surface area contributed by atoms with Crippen LogP contribution in [0, 0.1) is 6.92 Å². The molecule has 24 heavy (non-hydrogen) atoms. The van der Waals surface area contributed by atoms with Crippen LogP contribution in [-0.2, 0) is 6.42 Å². The lowest BCUT2D eigenvalue weighted by molar-refractivity contribution is -0.946. The van der Waals surface area contributed by atoms with Crippen LogP contribution in [0.1, 0.15) is 25.0 Å². The highest BCUT2D eigenvalue weighted by atomic mass is 35.5. The molecule has 0 bridgehead atoms. The maximum atomic E-state index is 6.46. The molecule has 1 atom stereocenters. The van der Waals surface area contributed by atoms with E-state index in [2.05, 4.69) is 40.0 Å². The molecule has 2 aromatic rings. The smallest absolute Gasteiger partial charge is 0.237 e. The molecule has 3 rings (SSSR count). The second kappa shape index (κ2) is 6.59. The number of benzene rings is 2. The third kappa shape index (κ3) is 3.03. The van der Waals surface area contributed by atoms with Gasteiger partial charge < -0.3 is 4.74 Å². The molecule has 0 fully saturated rings. The van der Waals surface area contributed by atoms with Gasteiger partial charge >= 0.3 is 0 Å². The molecule has 0 saturated carbocycles. The fraction of sp³-hybridized carbons (Fsp3) is 0.400. The first-order valence-electron chi connectivity index (χ1n) is 8.47. The lowest BCUT2D eigenvalue weighted by atomic mass is 9.98. The van der Waals surface area contributed by atoms with E-state index < -0.39 is 0 Å². The molecular weight excluding hydrogens is 341 g/mol. The summed E-state index contributed by atoms with van der Waals surface area (Å²) in [6.45, 7) is 8.64. The van der Waals surface area contributed by atoms with Crippen molar-refractivity contribution in [3.05, 3.63) is 51.5 Å². The Morgan fingerprint density at radius 3 is 2.46 bits per heavy atom. The number of likely N-dealkylation sites (N-methyl/N-ethyl adjacent to an activating group) is 1. The summed E-state index contributed by atoms with van der Waals surface area (Å²) in [6, 6.07) is 9.95. The van der Waals surface area contributed by atoms with Crippen molar-refractivity contribution in [2.45, 2.75) is 33.4 Å². The van der Waals surface area contributed by atoms with Crippen molar-refractivity contribution in [2.75, 3.05) is 20.1 Å². The van der Waals surface area contributed by atoms with Crippen molar-refractivity contribution in [1.82, 2.24) is 0 Å². The highest BCUT2D eigenvalue weighted by Crippen LogP contribution is 2.44. The van der Waals surface area contributed by atoms with Gasteiger partial charge in [0, 0.05) is 26.7 Å². The molecule has 1 aliphatic heterocycles. The van der Waals surface area contributed by atoms with Crippen LogP contribution in [0.15, 0.2) is 30.3 Å². The van der Waals surface area contributed by atoms with Gasteiger partial charge in [0.05, 0.1) is 26.6 Å². The van der Waals surface area contributed by atoms with E-state index >= 15 is 0 Å². The van der Waals surface area contributed by atoms with Gasteiger partial charge in [-0.3, -0.25) is 4.48 Å². The van der Waals surface area contributed by atoms with Crippen molar-refractivity contribution < 1.29 is 9.22 Å². The van der Waals surface area contributed by atoms with Crippen LogP contribution in [0.3, 0.4) is 0 Å². The van der Waals surface area contributed by atoms with Gasteiger partial charge in [-0.15, -0.1) is 0 Å². The van der Waals surface area contributed by atoms with E-state index in [0.29, 0.717) is 10.0 Å². The van der Waals surface area contributed by atoms with Gasteiger partial charge in [0.1, 0.15) is 5.75 Å². The largest absolute Gasteiger partial charge is 0.441 e. The number of aryl methyl sites for hydroxylation is 1. The van der Waals surface area contributed by atoms with Gasteiger partial charge in [-0.2, -0.15) is 0 Å². The fourth-order valence-corrected chi connectivity index (χ4v) is 3.78. The molecule has 0 aromatic heterocycles. The average Bonchev–Trinajstić information content (AvgIpc) is 3.00. The molecular formula is C20H24Cl2NO+. The summed E-state index contributed by atoms with van der Waals surface area (Å²) in [4.78, 5) is 0. The van der Waals surface area contributed by atoms with Crippen LogP contribution < -0.4 is 4.74 Å². The summed E-state index contributed by atoms with van der Waals surface area (Å²) in [5.41, 5.74) is 4.45. The Hall–Kier alpha value is -1.22. The predicted molar refractivity (Wildman–Crippen MR) is 102 cm³/mol. The second-order valence-electron chi connectivity index (χ2n) is 6.81. The van der Waals surface area contributed by atoms with Crippen molar-refractivity contribution in [3.8, 4) is 16.9 Å². The first kappa shape index (κ1) is 17.6. The summed E-state index contributed by atoms with van der Waals surface area (Å²) in [5.74, 6) is 0.959. The van der Waals surface area contributed by atoms with Crippen LogP contribution in [0.25, 0.3) is 11.1 Å². The Kier molecular flexibility index (Phi) is 4.83. The summed E-state index contributed by atoms with van der Waals surface area (Å²) in [5, 5.41) is 1.38. The standard InChI is InChI=1S/C20H24Cl2NO/c1-5-23(4,6-2)19-11-14-9-13(3)10-17(20(14)24-19)16-12-15(21)7-8-18(16)22/h7-10,12,19H,5-6,11H2,1-4H3/q+1. The number of rotatable bonds is 4. The molecule has 0 saturated heterocycles. The van der Waals surface area contributed by atoms with Crippen LogP contribution in [0.5, 0.6) is 5.75 Å². The van der Waals surface area contributed by atoms with Crippen molar-refractivity contribution in [1.29, 1.82) is 0 Å². The van der Waals surface area contributed by atoms with E-state index in [0.717, 1.165) is 40.9 Å². The van der Waals surface area contributed by atoms with E-state index in [-0.39, 0.29) is 6.23 Å². The zero-order valence-electron chi connectivity index (χ0n) is 14.7. The molecule has 0 spiro atoms. The minimum absolute atomic E-state index is 0.147. The van der Waals surface area contributed by atoms with E-state index in [1.807, 2.05) is 18.2 Å². The summed E-state index contributed by atoms with van der Waals surface area (Å²) < 4.78 is 7.36. The van der Waals surface area contributed by atoms with E-state index in [9.17, 15) is 0 Å². The molecule has 0 radical (unpaired) electrons. The predicted octanol–water partition coefficient (Wildman–Crippen LogP) is 5.72. The third-order valence-corrected chi connectivity index (χ3v) is 5.88. The minimum atomic E-state index is 0.147. The summed E-state index contributed by atoms with van der Waals surface area (Å²) in [6.07, 6.45) is 1.08. The molecule has 1 unspecified atom stereocenters. The Bertz CT molecular complexity index is 768. The number of hydrogen-bond donors (Lipinski definition) is 0. The van der Waals surface area contributed by atoms with Crippen LogP contribution >= 0.6 is 23.2 Å². The summed E-state index contributed by atoms with van der Waals surface area (Å²) in [7, 11) is 2.26. The number of halogens is 2. The number of fused-ring (bicyclic) bond motifs is 1. The van der Waals surface area contributed by atoms with E-state index in [1.165, 1.54) is 11.1 Å².